The summed E-state index contributed by atoms with van der Waals surface area (Å²) in [6.45, 7) is 5.56. The minimum atomic E-state index is -5.84. The first-order valence-electron chi connectivity index (χ1n) is 11.2. The Morgan fingerprint density at radius 1 is 1.00 bits per heavy atom. The molecule has 1 aliphatic heterocycles. The molecule has 0 spiro atoms. The Morgan fingerprint density at radius 2 is 1.57 bits per heavy atom. The zero-order valence-electron chi connectivity index (χ0n) is 19.6. The molecule has 9 nitrogen and oxygen atoms in total. The molecule has 14 heteroatoms. The molecule has 2 N–H and O–H groups in total. The van der Waals surface area contributed by atoms with Crippen LogP contribution < -0.4 is 4.74 Å². The number of aliphatic carboxylic acids is 1. The zero-order valence-corrected chi connectivity index (χ0v) is 21.2. The maximum absolute atomic E-state index is 10.7. The molecule has 1 saturated heterocycles. The second-order valence-electron chi connectivity index (χ2n) is 8.19. The quantitative estimate of drug-likeness (QED) is 0.309. The van der Waals surface area contributed by atoms with Crippen molar-refractivity contribution in [1.29, 1.82) is 0 Å². The second-order valence-corrected chi connectivity index (χ2v) is 10.6. The maximum Gasteiger partial charge on any atom is 0.522 e. The van der Waals surface area contributed by atoms with Crippen LogP contribution in [0.5, 0.6) is 10.9 Å². The highest BCUT2D eigenvalue weighted by molar-refractivity contribution is 7.86. The lowest BCUT2D eigenvalue weighted by atomic mass is 10.1. The summed E-state index contributed by atoms with van der Waals surface area (Å²) in [6.07, 6.45) is 1.22. The molecule has 3 aromatic rings. The number of carbonyl (C=O) groups is 1. The van der Waals surface area contributed by atoms with E-state index >= 15 is 0 Å². The van der Waals surface area contributed by atoms with Gasteiger partial charge >= 0.3 is 21.6 Å². The topological polar surface area (TPSA) is 120 Å². The molecule has 4 rings (SSSR count). The largest absolute Gasteiger partial charge is 0.522 e. The number of hydrogen-bond donors (Lipinski definition) is 2. The lowest BCUT2D eigenvalue weighted by Crippen LogP contribution is -2.47. The first-order chi connectivity index (χ1) is 17.4. The van der Waals surface area contributed by atoms with Gasteiger partial charge in [-0.3, -0.25) is 9.35 Å². The molecule has 1 fully saturated rings. The molecule has 0 amide bonds. The summed E-state index contributed by atoms with van der Waals surface area (Å²) in [4.78, 5) is 19.9. The van der Waals surface area contributed by atoms with Crippen LogP contribution in [0.1, 0.15) is 12.0 Å². The van der Waals surface area contributed by atoms with Crippen LogP contribution in [-0.2, 0) is 21.3 Å². The molecule has 0 aliphatic carbocycles. The highest BCUT2D eigenvalue weighted by Gasteiger charge is 2.44. The number of carboxylic acid groups (broad SMARTS) is 1. The highest BCUT2D eigenvalue weighted by atomic mass is 32.2. The minimum absolute atomic E-state index is 0.228. The first kappa shape index (κ1) is 28.8. The predicted molar refractivity (Wildman–Crippen MR) is 133 cm³/mol. The van der Waals surface area contributed by atoms with Gasteiger partial charge < -0.3 is 19.6 Å². The number of ether oxygens (including phenoxy) is 1. The molecule has 1 aliphatic rings. The summed E-state index contributed by atoms with van der Waals surface area (Å²) in [6, 6.07) is 16.3. The number of nitrogens with zero attached hydrogens (tertiary/aromatic N) is 3. The van der Waals surface area contributed by atoms with Crippen molar-refractivity contribution in [2.75, 3.05) is 39.3 Å². The fraction of sp³-hybridized carbons (Fsp3) is 0.391. The zero-order chi connectivity index (χ0) is 27.1. The molecule has 2 aromatic carbocycles. The van der Waals surface area contributed by atoms with Crippen LogP contribution >= 0.6 is 11.3 Å². The third-order valence-electron chi connectivity index (χ3n) is 5.52. The number of para-hydroxylation sites is 1. The van der Waals surface area contributed by atoms with E-state index in [2.05, 4.69) is 33.0 Å². The number of halogens is 3. The molecule has 0 radical (unpaired) electrons. The van der Waals surface area contributed by atoms with Gasteiger partial charge in [-0.15, -0.1) is 0 Å². The van der Waals surface area contributed by atoms with Crippen LogP contribution in [0.2, 0.25) is 0 Å². The van der Waals surface area contributed by atoms with E-state index < -0.39 is 21.6 Å². The number of thiazole rings is 1. The van der Waals surface area contributed by atoms with Gasteiger partial charge in [-0.2, -0.15) is 21.6 Å². The van der Waals surface area contributed by atoms with Crippen LogP contribution in [0.25, 0.3) is 10.2 Å². The number of fused-ring (bicyclic) bond motifs is 1. The summed E-state index contributed by atoms with van der Waals surface area (Å²) in [5.74, 6) is 0.0860. The average molecular weight is 562 g/mol. The van der Waals surface area contributed by atoms with E-state index in [-0.39, 0.29) is 6.42 Å². The summed E-state index contributed by atoms with van der Waals surface area (Å²) in [5.41, 5.74) is -3.28. The summed E-state index contributed by atoms with van der Waals surface area (Å²) in [5, 5.41) is 9.46. The van der Waals surface area contributed by atoms with Gasteiger partial charge in [-0.25, -0.2) is 4.98 Å². The van der Waals surface area contributed by atoms with Crippen molar-refractivity contribution in [3.63, 3.8) is 0 Å². The van der Waals surface area contributed by atoms with E-state index in [0.29, 0.717) is 11.7 Å². The monoisotopic (exact) mass is 561 g/mol. The van der Waals surface area contributed by atoms with E-state index in [1.807, 2.05) is 30.3 Å². The molecule has 0 atom stereocenters. The van der Waals surface area contributed by atoms with E-state index in [1.165, 1.54) is 5.56 Å². The standard InChI is InChI=1S/C22H25N3O3S.CHF3O3S/c26-21(27)10-12-25-15-13-24(14-16-25)11-9-17-5-7-18(8-6-17)28-22-23-19-3-1-2-4-20(19)29-22;2-1(3,4)8(5,6)7/h1-8H,9-16H2,(H,26,27);(H,5,6,7). The van der Waals surface area contributed by atoms with E-state index in [0.717, 1.165) is 55.1 Å². The third kappa shape index (κ3) is 9.23. The minimum Gasteiger partial charge on any atom is -0.481 e. The van der Waals surface area contributed by atoms with Crippen LogP contribution in [0.3, 0.4) is 0 Å². The van der Waals surface area contributed by atoms with Crippen molar-refractivity contribution in [3.05, 3.63) is 54.1 Å². The summed E-state index contributed by atoms with van der Waals surface area (Å²) in [7, 11) is -5.84. The molecule has 202 valence electrons. The normalized spacial score (nSPS) is 15.2. The number of benzene rings is 2. The molecule has 0 unspecified atom stereocenters. The molecule has 0 saturated carbocycles. The molecular weight excluding hydrogens is 535 g/mol. The fourth-order valence-corrected chi connectivity index (χ4v) is 4.33. The van der Waals surface area contributed by atoms with Gasteiger partial charge in [0.25, 0.3) is 5.19 Å². The molecular formula is C23H26F3N3O6S2. The number of alkyl halides is 3. The molecule has 37 heavy (non-hydrogen) atoms. The van der Waals surface area contributed by atoms with Crippen LogP contribution in [0.15, 0.2) is 48.5 Å². The lowest BCUT2D eigenvalue weighted by Gasteiger charge is -2.34. The van der Waals surface area contributed by atoms with E-state index in [4.69, 9.17) is 22.8 Å². The van der Waals surface area contributed by atoms with Gasteiger partial charge in [-0.05, 0) is 36.2 Å². The van der Waals surface area contributed by atoms with E-state index in [1.54, 1.807) is 11.3 Å². The first-order valence-corrected chi connectivity index (χ1v) is 13.5. The Bertz CT molecular complexity index is 1240. The molecule has 2 heterocycles. The maximum atomic E-state index is 10.7. The van der Waals surface area contributed by atoms with Crippen LogP contribution in [0, 0.1) is 0 Å². The van der Waals surface area contributed by atoms with Crippen molar-refractivity contribution < 1.29 is 40.8 Å². The predicted octanol–water partition coefficient (Wildman–Crippen LogP) is 4.12. The van der Waals surface area contributed by atoms with Crippen molar-refractivity contribution in [1.82, 2.24) is 14.8 Å². The van der Waals surface area contributed by atoms with Gasteiger partial charge in [0.1, 0.15) is 5.75 Å². The van der Waals surface area contributed by atoms with Crippen molar-refractivity contribution in [3.8, 4) is 10.9 Å². The Hall–Kier alpha value is -2.78. The number of carboxylic acids is 1. The van der Waals surface area contributed by atoms with Gasteiger partial charge in [0.05, 0.1) is 16.6 Å². The van der Waals surface area contributed by atoms with Gasteiger partial charge in [0.2, 0.25) is 0 Å². The van der Waals surface area contributed by atoms with Crippen molar-refractivity contribution in [2.24, 2.45) is 0 Å². The summed E-state index contributed by atoms with van der Waals surface area (Å²) < 4.78 is 64.6. The smallest absolute Gasteiger partial charge is 0.481 e. The number of piperazine rings is 1. The SMILES string of the molecule is O=C(O)CCN1CCN(CCc2ccc(Oc3nc4ccccc4s3)cc2)CC1.O=S(=O)(O)C(F)(F)F. The number of hydrogen-bond acceptors (Lipinski definition) is 8. The second kappa shape index (κ2) is 12.6. The van der Waals surface area contributed by atoms with Gasteiger partial charge in [-0.1, -0.05) is 35.6 Å². The molecule has 1 aromatic heterocycles. The van der Waals surface area contributed by atoms with Crippen LogP contribution in [0.4, 0.5) is 13.2 Å². The van der Waals surface area contributed by atoms with Crippen molar-refractivity contribution in [2.45, 2.75) is 18.3 Å². The lowest BCUT2D eigenvalue weighted by molar-refractivity contribution is -0.137. The Labute approximate surface area is 215 Å². The Balaban J connectivity index is 0.000000414. The van der Waals surface area contributed by atoms with Gasteiger partial charge in [0.15, 0.2) is 0 Å². The molecule has 0 bridgehead atoms. The fourth-order valence-electron chi connectivity index (χ4n) is 3.50. The number of aromatic nitrogens is 1. The van der Waals surface area contributed by atoms with E-state index in [9.17, 15) is 18.0 Å². The van der Waals surface area contributed by atoms with Crippen molar-refractivity contribution >= 4 is 37.6 Å². The average Bonchev–Trinajstić information content (AvgIpc) is 3.24. The third-order valence-corrected chi connectivity index (χ3v) is 7.02. The van der Waals surface area contributed by atoms with Gasteiger partial charge in [0, 0.05) is 39.3 Å². The summed E-state index contributed by atoms with van der Waals surface area (Å²) >= 11 is 1.55. The highest BCUT2D eigenvalue weighted by Crippen LogP contribution is 2.31. The Morgan fingerprint density at radius 3 is 2.11 bits per heavy atom. The Kier molecular flexibility index (Phi) is 9.84. The van der Waals surface area contributed by atoms with Crippen LogP contribution in [-0.4, -0.2) is 83.6 Å². The number of rotatable bonds is 8.